The minimum atomic E-state index is -0.157. The van der Waals surface area contributed by atoms with E-state index in [2.05, 4.69) is 39.5 Å². The summed E-state index contributed by atoms with van der Waals surface area (Å²) in [5, 5.41) is 14.1. The molecule has 1 saturated heterocycles. The Morgan fingerprint density at radius 2 is 1.68 bits per heavy atom. The summed E-state index contributed by atoms with van der Waals surface area (Å²) in [5.41, 5.74) is 4.23. The Morgan fingerprint density at radius 3 is 2.46 bits per heavy atom. The second-order valence-corrected chi connectivity index (χ2v) is 9.91. The summed E-state index contributed by atoms with van der Waals surface area (Å²) in [6.45, 7) is 4.32. The van der Waals surface area contributed by atoms with Crippen molar-refractivity contribution in [3.05, 3.63) is 82.3 Å². The summed E-state index contributed by atoms with van der Waals surface area (Å²) in [6, 6.07) is 20.8. The lowest BCUT2D eigenvalue weighted by Crippen LogP contribution is -2.50. The van der Waals surface area contributed by atoms with Gasteiger partial charge in [0.2, 0.25) is 5.95 Å². The molecule has 3 heterocycles. The van der Waals surface area contributed by atoms with E-state index in [-0.39, 0.29) is 6.03 Å². The third-order valence-corrected chi connectivity index (χ3v) is 6.96. The van der Waals surface area contributed by atoms with Crippen molar-refractivity contribution in [1.82, 2.24) is 24.5 Å². The molecule has 0 aliphatic carbocycles. The van der Waals surface area contributed by atoms with Gasteiger partial charge in [0.05, 0.1) is 5.52 Å². The molecule has 10 heteroatoms. The lowest BCUT2D eigenvalue weighted by atomic mass is 10.1. The van der Waals surface area contributed by atoms with Crippen molar-refractivity contribution in [3.63, 3.8) is 0 Å². The highest BCUT2D eigenvalue weighted by atomic mass is 35.5. The number of rotatable bonds is 3. The smallest absolute Gasteiger partial charge is 0.321 e. The number of hydrogen-bond acceptors (Lipinski definition) is 5. The Kier molecular flexibility index (Phi) is 6.06. The van der Waals surface area contributed by atoms with Crippen LogP contribution < -0.4 is 10.2 Å². The predicted octanol–water partition coefficient (Wildman–Crippen LogP) is 5.91. The molecule has 0 spiro atoms. The van der Waals surface area contributed by atoms with Gasteiger partial charge in [-0.25, -0.2) is 14.2 Å². The van der Waals surface area contributed by atoms with Crippen LogP contribution in [0.15, 0.2) is 66.7 Å². The zero-order chi connectivity index (χ0) is 25.5. The summed E-state index contributed by atoms with van der Waals surface area (Å²) in [4.78, 5) is 21.8. The second kappa shape index (κ2) is 9.53. The Morgan fingerprint density at radius 1 is 0.892 bits per heavy atom. The maximum Gasteiger partial charge on any atom is 0.321 e. The van der Waals surface area contributed by atoms with Crippen LogP contribution in [0.1, 0.15) is 5.56 Å². The Hall–Kier alpha value is -3.88. The van der Waals surface area contributed by atoms with Crippen LogP contribution in [-0.4, -0.2) is 56.7 Å². The number of carbonyl (C=O) groups is 1. The van der Waals surface area contributed by atoms with E-state index in [1.807, 2.05) is 46.9 Å². The van der Waals surface area contributed by atoms with Crippen LogP contribution in [0.2, 0.25) is 10.0 Å². The molecule has 1 aliphatic heterocycles. The molecule has 2 amide bonds. The summed E-state index contributed by atoms with van der Waals surface area (Å²) in [6.07, 6.45) is 0. The van der Waals surface area contributed by atoms with Gasteiger partial charge in [-0.2, -0.15) is 0 Å². The van der Waals surface area contributed by atoms with Crippen molar-refractivity contribution in [2.24, 2.45) is 0 Å². The van der Waals surface area contributed by atoms with E-state index < -0.39 is 0 Å². The van der Waals surface area contributed by atoms with Crippen molar-refractivity contribution in [2.45, 2.75) is 6.92 Å². The van der Waals surface area contributed by atoms with Crippen molar-refractivity contribution >= 4 is 57.4 Å². The van der Waals surface area contributed by atoms with E-state index in [0.29, 0.717) is 47.6 Å². The first-order chi connectivity index (χ1) is 18.0. The van der Waals surface area contributed by atoms with Gasteiger partial charge in [0.1, 0.15) is 0 Å². The number of amides is 2. The van der Waals surface area contributed by atoms with Crippen molar-refractivity contribution in [2.75, 3.05) is 36.4 Å². The summed E-state index contributed by atoms with van der Waals surface area (Å²) < 4.78 is 2.01. The number of fused-ring (bicyclic) bond motifs is 3. The topological polar surface area (TPSA) is 78.7 Å². The van der Waals surface area contributed by atoms with E-state index in [1.54, 1.807) is 17.0 Å². The maximum absolute atomic E-state index is 12.9. The maximum atomic E-state index is 12.9. The van der Waals surface area contributed by atoms with Crippen LogP contribution in [-0.2, 0) is 0 Å². The lowest BCUT2D eigenvalue weighted by Gasteiger charge is -2.35. The van der Waals surface area contributed by atoms with Crippen LogP contribution in [0.5, 0.6) is 0 Å². The number of carbonyl (C=O) groups excluding carboxylic acids is 1. The first-order valence-corrected chi connectivity index (χ1v) is 12.7. The van der Waals surface area contributed by atoms with Gasteiger partial charge in [0.15, 0.2) is 11.5 Å². The van der Waals surface area contributed by atoms with Crippen molar-refractivity contribution in [3.8, 4) is 11.4 Å². The molecule has 6 rings (SSSR count). The van der Waals surface area contributed by atoms with Crippen LogP contribution in [0.25, 0.3) is 27.9 Å². The van der Waals surface area contributed by atoms with E-state index in [4.69, 9.17) is 28.2 Å². The molecule has 186 valence electrons. The van der Waals surface area contributed by atoms with Crippen molar-refractivity contribution in [1.29, 1.82) is 0 Å². The number of benzene rings is 3. The van der Waals surface area contributed by atoms with Gasteiger partial charge in [0.25, 0.3) is 0 Å². The monoisotopic (exact) mass is 531 g/mol. The molecule has 8 nitrogen and oxygen atoms in total. The fraction of sp³-hybridized carbons (Fsp3) is 0.185. The fourth-order valence-electron chi connectivity index (χ4n) is 4.65. The SMILES string of the molecule is Cc1cccc(-c2nnc3c4ccc(Cl)cc4nc(N4CCN(C(=O)Nc5cccc(Cl)c5)CC4)n23)c1. The molecular weight excluding hydrogens is 509 g/mol. The summed E-state index contributed by atoms with van der Waals surface area (Å²) in [7, 11) is 0. The Labute approximate surface area is 223 Å². The molecule has 3 aromatic carbocycles. The first-order valence-electron chi connectivity index (χ1n) is 11.9. The number of hydrogen-bond donors (Lipinski definition) is 1. The molecule has 5 aromatic rings. The fourth-order valence-corrected chi connectivity index (χ4v) is 5.01. The van der Waals surface area contributed by atoms with Gasteiger partial charge in [-0.15, -0.1) is 10.2 Å². The normalized spacial score (nSPS) is 13.9. The van der Waals surface area contributed by atoms with Gasteiger partial charge in [-0.3, -0.25) is 0 Å². The van der Waals surface area contributed by atoms with Gasteiger partial charge < -0.3 is 15.1 Å². The number of urea groups is 1. The molecule has 1 fully saturated rings. The van der Waals surface area contributed by atoms with Gasteiger partial charge in [-0.05, 0) is 49.4 Å². The lowest BCUT2D eigenvalue weighted by molar-refractivity contribution is 0.208. The minimum absolute atomic E-state index is 0.157. The number of piperazine rings is 1. The van der Waals surface area contributed by atoms with Crippen molar-refractivity contribution < 1.29 is 4.79 Å². The Bertz CT molecular complexity index is 1640. The van der Waals surface area contributed by atoms with Gasteiger partial charge >= 0.3 is 6.03 Å². The summed E-state index contributed by atoms with van der Waals surface area (Å²) in [5.74, 6) is 1.44. The quantitative estimate of drug-likeness (QED) is 0.313. The molecule has 0 unspecified atom stereocenters. The number of aromatic nitrogens is 4. The number of halogens is 2. The largest absolute Gasteiger partial charge is 0.338 e. The van der Waals surface area contributed by atoms with E-state index in [9.17, 15) is 4.79 Å². The number of nitrogens with zero attached hydrogens (tertiary/aromatic N) is 6. The molecular formula is C27H23Cl2N7O. The third-order valence-electron chi connectivity index (χ3n) is 6.49. The molecule has 0 saturated carbocycles. The number of aryl methyl sites for hydroxylation is 1. The van der Waals surface area contributed by atoms with E-state index in [0.717, 1.165) is 33.8 Å². The number of nitrogens with one attached hydrogen (secondary N) is 1. The molecule has 1 aliphatic rings. The highest BCUT2D eigenvalue weighted by Crippen LogP contribution is 2.30. The van der Waals surface area contributed by atoms with Crippen LogP contribution >= 0.6 is 23.2 Å². The zero-order valence-corrected chi connectivity index (χ0v) is 21.5. The standard InChI is InChI=1S/C27H23Cl2N7O/c1-17-4-2-5-18(14-17)24-32-33-25-22-9-8-20(29)16-23(22)31-26(36(24)25)34-10-12-35(13-11-34)27(37)30-21-7-3-6-19(28)15-21/h2-9,14-16H,10-13H2,1H3,(H,30,37). The van der Waals surface area contributed by atoms with Gasteiger partial charge in [-0.1, -0.05) is 53.0 Å². The zero-order valence-electron chi connectivity index (χ0n) is 20.0. The minimum Gasteiger partial charge on any atom is -0.338 e. The first kappa shape index (κ1) is 23.5. The molecule has 37 heavy (non-hydrogen) atoms. The Balaban J connectivity index is 1.34. The third kappa shape index (κ3) is 4.54. The van der Waals surface area contributed by atoms with Crippen LogP contribution in [0.3, 0.4) is 0 Å². The molecule has 2 aromatic heterocycles. The molecule has 0 atom stereocenters. The second-order valence-electron chi connectivity index (χ2n) is 9.04. The number of anilines is 2. The molecule has 0 radical (unpaired) electrons. The van der Waals surface area contributed by atoms with Crippen LogP contribution in [0.4, 0.5) is 16.4 Å². The van der Waals surface area contributed by atoms with E-state index in [1.165, 1.54) is 0 Å². The summed E-state index contributed by atoms with van der Waals surface area (Å²) >= 11 is 12.4. The average Bonchev–Trinajstić information content (AvgIpc) is 3.34. The molecule has 0 bridgehead atoms. The highest BCUT2D eigenvalue weighted by molar-refractivity contribution is 6.31. The average molecular weight is 532 g/mol. The highest BCUT2D eigenvalue weighted by Gasteiger charge is 2.26. The molecule has 1 N–H and O–H groups in total. The van der Waals surface area contributed by atoms with E-state index >= 15 is 0 Å². The van der Waals surface area contributed by atoms with Gasteiger partial charge in [0, 0.05) is 52.9 Å². The van der Waals surface area contributed by atoms with Crippen LogP contribution in [0, 0.1) is 6.92 Å². The predicted molar refractivity (Wildman–Crippen MR) is 148 cm³/mol.